The maximum atomic E-state index is 12.0. The van der Waals surface area contributed by atoms with E-state index >= 15 is 0 Å². The summed E-state index contributed by atoms with van der Waals surface area (Å²) in [6.45, 7) is 3.85. The lowest BCUT2D eigenvalue weighted by atomic mass is 9.82. The molecule has 0 spiro atoms. The third-order valence-corrected chi connectivity index (χ3v) is 4.63. The Hall–Kier alpha value is -1.49. The highest BCUT2D eigenvalue weighted by molar-refractivity contribution is 5.89. The fraction of sp³-hybridized carbons (Fsp3) is 0.688. The lowest BCUT2D eigenvalue weighted by Gasteiger charge is -2.27. The van der Waals surface area contributed by atoms with Crippen LogP contribution in [0.25, 0.3) is 0 Å². The number of hydrogen-bond donors (Lipinski definition) is 1. The van der Waals surface area contributed by atoms with Gasteiger partial charge in [-0.2, -0.15) is 0 Å². The van der Waals surface area contributed by atoms with Crippen LogP contribution in [0.5, 0.6) is 0 Å². The molecule has 1 fully saturated rings. The third-order valence-electron chi connectivity index (χ3n) is 4.63. The molecule has 2 heterocycles. The van der Waals surface area contributed by atoms with E-state index in [9.17, 15) is 4.79 Å². The first kappa shape index (κ1) is 14.4. The summed E-state index contributed by atoms with van der Waals surface area (Å²) in [6.07, 6.45) is 5.62. The maximum absolute atomic E-state index is 12.0. The number of nitrogens with one attached hydrogen (secondary N) is 1. The fourth-order valence-corrected chi connectivity index (χ4v) is 3.48. The van der Waals surface area contributed by atoms with E-state index in [-0.39, 0.29) is 5.97 Å². The molecule has 0 bridgehead atoms. The summed E-state index contributed by atoms with van der Waals surface area (Å²) in [6, 6.07) is 0. The van der Waals surface area contributed by atoms with Gasteiger partial charge in [0.15, 0.2) is 5.69 Å². The summed E-state index contributed by atoms with van der Waals surface area (Å²) < 4.78 is 4.91. The molecule has 1 aliphatic carbocycles. The lowest BCUT2D eigenvalue weighted by Crippen LogP contribution is -2.29. The van der Waals surface area contributed by atoms with Gasteiger partial charge in [-0.05, 0) is 18.8 Å². The van der Waals surface area contributed by atoms with Crippen molar-refractivity contribution >= 4 is 5.97 Å². The van der Waals surface area contributed by atoms with Crippen molar-refractivity contribution in [2.24, 2.45) is 5.92 Å². The van der Waals surface area contributed by atoms with Gasteiger partial charge in [0.2, 0.25) is 0 Å². The minimum Gasteiger partial charge on any atom is -0.464 e. The molecule has 2 aliphatic rings. The molecule has 114 valence electrons. The molecule has 21 heavy (non-hydrogen) atoms. The van der Waals surface area contributed by atoms with Crippen LogP contribution >= 0.6 is 0 Å². The first-order valence-electron chi connectivity index (χ1n) is 7.87. The highest BCUT2D eigenvalue weighted by Crippen LogP contribution is 2.35. The third kappa shape index (κ3) is 2.93. The van der Waals surface area contributed by atoms with Crippen molar-refractivity contribution in [1.82, 2.24) is 15.3 Å². The molecule has 5 heteroatoms. The predicted molar refractivity (Wildman–Crippen MR) is 79.2 cm³/mol. The Bertz CT molecular complexity index is 545. The summed E-state index contributed by atoms with van der Waals surface area (Å²) in [4.78, 5) is 21.4. The van der Waals surface area contributed by atoms with Crippen LogP contribution in [0.3, 0.4) is 0 Å². The monoisotopic (exact) mass is 289 g/mol. The number of carbonyl (C=O) groups excluding carboxylic acids is 1. The average Bonchev–Trinajstić information content (AvgIpc) is 2.53. The molecule has 5 nitrogen and oxygen atoms in total. The number of hydrogen-bond acceptors (Lipinski definition) is 5. The highest BCUT2D eigenvalue weighted by Gasteiger charge is 2.27. The van der Waals surface area contributed by atoms with Gasteiger partial charge in [0, 0.05) is 31.0 Å². The van der Waals surface area contributed by atoms with E-state index in [1.807, 2.05) is 0 Å². The Morgan fingerprint density at radius 1 is 1.33 bits per heavy atom. The molecule has 1 saturated carbocycles. The summed E-state index contributed by atoms with van der Waals surface area (Å²) >= 11 is 0. The number of ether oxygens (including phenoxy) is 1. The number of rotatable bonds is 2. The van der Waals surface area contributed by atoms with Crippen molar-refractivity contribution in [2.45, 2.75) is 51.5 Å². The maximum Gasteiger partial charge on any atom is 0.357 e. The number of carbonyl (C=O) groups is 1. The van der Waals surface area contributed by atoms with Crippen LogP contribution in [0.15, 0.2) is 0 Å². The molecule has 2 atom stereocenters. The van der Waals surface area contributed by atoms with Crippen molar-refractivity contribution in [1.29, 1.82) is 0 Å². The number of fused-ring (bicyclic) bond motifs is 1. The summed E-state index contributed by atoms with van der Waals surface area (Å²) in [5.74, 6) is 1.61. The zero-order chi connectivity index (χ0) is 14.8. The standard InChI is InChI=1S/C16H23N3O2/c1-10-4-3-5-11(8-10)15-18-13-6-7-17-9-12(13)14(19-15)16(20)21-2/h10-11,17H,3-9H2,1-2H3. The second-order valence-corrected chi connectivity index (χ2v) is 6.24. The van der Waals surface area contributed by atoms with Gasteiger partial charge in [0.25, 0.3) is 0 Å². The van der Waals surface area contributed by atoms with Crippen LogP contribution in [-0.2, 0) is 17.7 Å². The number of methoxy groups -OCH3 is 1. The Balaban J connectivity index is 1.99. The molecule has 3 rings (SSSR count). The van der Waals surface area contributed by atoms with Gasteiger partial charge in [-0.3, -0.25) is 0 Å². The van der Waals surface area contributed by atoms with Gasteiger partial charge < -0.3 is 10.1 Å². The van der Waals surface area contributed by atoms with Crippen LogP contribution in [0, 0.1) is 5.92 Å². The summed E-state index contributed by atoms with van der Waals surface area (Å²) in [5.41, 5.74) is 2.40. The number of nitrogens with zero attached hydrogens (tertiary/aromatic N) is 2. The van der Waals surface area contributed by atoms with E-state index < -0.39 is 0 Å². The lowest BCUT2D eigenvalue weighted by molar-refractivity contribution is 0.0591. The highest BCUT2D eigenvalue weighted by atomic mass is 16.5. The molecule has 0 saturated heterocycles. The van der Waals surface area contributed by atoms with Crippen LogP contribution in [0.1, 0.15) is 66.1 Å². The minimum absolute atomic E-state index is 0.345. The van der Waals surface area contributed by atoms with E-state index in [1.165, 1.54) is 20.0 Å². The van der Waals surface area contributed by atoms with Crippen molar-refractivity contribution < 1.29 is 9.53 Å². The van der Waals surface area contributed by atoms with E-state index in [1.54, 1.807) is 0 Å². The van der Waals surface area contributed by atoms with Crippen LogP contribution in [0.4, 0.5) is 0 Å². The van der Waals surface area contributed by atoms with Gasteiger partial charge >= 0.3 is 5.97 Å². The van der Waals surface area contributed by atoms with Crippen LogP contribution in [-0.4, -0.2) is 29.6 Å². The minimum atomic E-state index is -0.345. The fourth-order valence-electron chi connectivity index (χ4n) is 3.48. The Kier molecular flexibility index (Phi) is 4.19. The molecule has 1 aromatic rings. The van der Waals surface area contributed by atoms with E-state index in [0.29, 0.717) is 24.1 Å². The molecule has 1 N–H and O–H groups in total. The molecule has 1 aliphatic heterocycles. The van der Waals surface area contributed by atoms with Crippen molar-refractivity contribution in [3.63, 3.8) is 0 Å². The van der Waals surface area contributed by atoms with E-state index in [0.717, 1.165) is 42.9 Å². The molecule has 0 radical (unpaired) electrons. The summed E-state index contributed by atoms with van der Waals surface area (Å²) in [5, 5.41) is 3.28. The first-order valence-corrected chi connectivity index (χ1v) is 7.87. The van der Waals surface area contributed by atoms with Crippen molar-refractivity contribution in [2.75, 3.05) is 13.7 Å². The van der Waals surface area contributed by atoms with Crippen molar-refractivity contribution in [3.8, 4) is 0 Å². The molecule has 2 unspecified atom stereocenters. The van der Waals surface area contributed by atoms with Crippen LogP contribution in [0.2, 0.25) is 0 Å². The smallest absolute Gasteiger partial charge is 0.357 e. The molecule has 1 aromatic heterocycles. The van der Waals surface area contributed by atoms with Crippen LogP contribution < -0.4 is 5.32 Å². The molecule has 0 amide bonds. The Morgan fingerprint density at radius 3 is 2.95 bits per heavy atom. The quantitative estimate of drug-likeness (QED) is 0.846. The Labute approximate surface area is 125 Å². The van der Waals surface area contributed by atoms with E-state index in [2.05, 4.69) is 17.2 Å². The zero-order valence-corrected chi connectivity index (χ0v) is 12.8. The molecule has 0 aromatic carbocycles. The second-order valence-electron chi connectivity index (χ2n) is 6.24. The van der Waals surface area contributed by atoms with E-state index in [4.69, 9.17) is 9.72 Å². The van der Waals surface area contributed by atoms with Gasteiger partial charge in [0.05, 0.1) is 12.8 Å². The Morgan fingerprint density at radius 2 is 2.19 bits per heavy atom. The molecular weight excluding hydrogens is 266 g/mol. The predicted octanol–water partition coefficient (Wildman–Crippen LogP) is 2.20. The average molecular weight is 289 g/mol. The first-order chi connectivity index (χ1) is 10.2. The second kappa shape index (κ2) is 6.10. The van der Waals surface area contributed by atoms with Gasteiger partial charge in [-0.25, -0.2) is 14.8 Å². The van der Waals surface area contributed by atoms with Gasteiger partial charge in [-0.1, -0.05) is 19.8 Å². The molecular formula is C16H23N3O2. The number of aromatic nitrogens is 2. The largest absolute Gasteiger partial charge is 0.464 e. The van der Waals surface area contributed by atoms with Crippen molar-refractivity contribution in [3.05, 3.63) is 22.8 Å². The topological polar surface area (TPSA) is 64.1 Å². The summed E-state index contributed by atoms with van der Waals surface area (Å²) in [7, 11) is 1.41. The van der Waals surface area contributed by atoms with Gasteiger partial charge in [-0.15, -0.1) is 0 Å². The zero-order valence-electron chi connectivity index (χ0n) is 12.8. The number of esters is 1. The normalized spacial score (nSPS) is 25.2. The van der Waals surface area contributed by atoms with Gasteiger partial charge in [0.1, 0.15) is 5.82 Å². The SMILES string of the molecule is COC(=O)c1nc(C2CCCC(C)C2)nc2c1CNCC2.